The Morgan fingerprint density at radius 2 is 2.50 bits per heavy atom. The van der Waals surface area contributed by atoms with E-state index in [1.54, 1.807) is 0 Å². The van der Waals surface area contributed by atoms with Crippen molar-refractivity contribution in [3.05, 3.63) is 20.8 Å². The van der Waals surface area contributed by atoms with Crippen molar-refractivity contribution in [2.75, 3.05) is 12.4 Å². The molecule has 0 saturated carbocycles. The van der Waals surface area contributed by atoms with E-state index in [-0.39, 0.29) is 11.9 Å². The normalized spacial score (nSPS) is 25.1. The minimum atomic E-state index is 0.108. The zero-order valence-corrected chi connectivity index (χ0v) is 12.1. The molecule has 1 saturated heterocycles. The number of likely N-dealkylation sites (tertiary alicyclic amines) is 1. The minimum Gasteiger partial charge on any atom is -0.334 e. The fourth-order valence-corrected chi connectivity index (χ4v) is 3.68. The summed E-state index contributed by atoms with van der Waals surface area (Å²) in [6, 6.07) is 2.06. The van der Waals surface area contributed by atoms with Crippen LogP contribution >= 0.6 is 38.9 Å². The van der Waals surface area contributed by atoms with E-state index in [0.717, 1.165) is 22.3 Å². The Balaban J connectivity index is 2.16. The van der Waals surface area contributed by atoms with Crippen LogP contribution in [-0.4, -0.2) is 29.3 Å². The maximum atomic E-state index is 12.2. The molecule has 1 aliphatic rings. The third kappa shape index (κ3) is 2.29. The van der Waals surface area contributed by atoms with Gasteiger partial charge in [-0.2, -0.15) is 0 Å². The molecule has 2 rings (SSSR count). The van der Waals surface area contributed by atoms with E-state index >= 15 is 0 Å². The highest BCUT2D eigenvalue weighted by molar-refractivity contribution is 9.11. The van der Waals surface area contributed by atoms with Crippen LogP contribution in [0.3, 0.4) is 0 Å². The second-order valence-electron chi connectivity index (χ2n) is 4.13. The van der Waals surface area contributed by atoms with E-state index in [4.69, 9.17) is 11.6 Å². The van der Waals surface area contributed by atoms with Crippen molar-refractivity contribution in [3.8, 4) is 0 Å². The molecule has 2 heterocycles. The molecule has 2 unspecified atom stereocenters. The van der Waals surface area contributed by atoms with Gasteiger partial charge in [0.15, 0.2) is 0 Å². The highest BCUT2D eigenvalue weighted by Gasteiger charge is 2.34. The lowest BCUT2D eigenvalue weighted by Gasteiger charge is -2.24. The first kappa shape index (κ1) is 12.4. The van der Waals surface area contributed by atoms with Crippen LogP contribution in [0.1, 0.15) is 23.7 Å². The summed E-state index contributed by atoms with van der Waals surface area (Å²) in [4.78, 5) is 14.1. The monoisotopic (exact) mass is 321 g/mol. The van der Waals surface area contributed by atoms with Crippen LogP contribution in [0.4, 0.5) is 0 Å². The van der Waals surface area contributed by atoms with Gasteiger partial charge in [-0.3, -0.25) is 4.79 Å². The molecule has 0 bridgehead atoms. The number of carbonyl (C=O) groups excluding carboxylic acids is 1. The van der Waals surface area contributed by atoms with Crippen molar-refractivity contribution in [2.45, 2.75) is 19.4 Å². The summed E-state index contributed by atoms with van der Waals surface area (Å²) in [6.07, 6.45) is 1.05. The summed E-state index contributed by atoms with van der Waals surface area (Å²) in [6.45, 7) is 2.98. The number of alkyl halides is 1. The lowest BCUT2D eigenvalue weighted by Crippen LogP contribution is -2.38. The molecule has 1 aromatic heterocycles. The molecular formula is C11H13BrClNOS. The van der Waals surface area contributed by atoms with Gasteiger partial charge in [-0.05, 0) is 34.3 Å². The van der Waals surface area contributed by atoms with Gasteiger partial charge in [0, 0.05) is 23.8 Å². The van der Waals surface area contributed by atoms with Crippen molar-refractivity contribution < 1.29 is 4.79 Å². The van der Waals surface area contributed by atoms with E-state index in [1.807, 2.05) is 16.3 Å². The molecule has 88 valence electrons. The van der Waals surface area contributed by atoms with Gasteiger partial charge in [-0.25, -0.2) is 0 Å². The summed E-state index contributed by atoms with van der Waals surface area (Å²) in [5.41, 5.74) is 0.765. The van der Waals surface area contributed by atoms with Crippen LogP contribution in [0.2, 0.25) is 0 Å². The van der Waals surface area contributed by atoms with Crippen molar-refractivity contribution in [1.29, 1.82) is 0 Å². The Bertz CT molecular complexity index is 395. The number of amides is 1. The highest BCUT2D eigenvalue weighted by Crippen LogP contribution is 2.28. The van der Waals surface area contributed by atoms with Crippen molar-refractivity contribution in [1.82, 2.24) is 4.90 Å². The summed E-state index contributed by atoms with van der Waals surface area (Å²) in [5, 5.41) is 1.89. The molecule has 2 atom stereocenters. The van der Waals surface area contributed by atoms with E-state index in [2.05, 4.69) is 22.9 Å². The van der Waals surface area contributed by atoms with Gasteiger partial charge in [-0.15, -0.1) is 22.9 Å². The third-order valence-corrected chi connectivity index (χ3v) is 4.94. The van der Waals surface area contributed by atoms with Crippen LogP contribution in [0, 0.1) is 5.92 Å². The second-order valence-corrected chi connectivity index (χ2v) is 6.72. The lowest BCUT2D eigenvalue weighted by molar-refractivity contribution is 0.0737. The number of carbonyl (C=O) groups is 1. The van der Waals surface area contributed by atoms with Crippen molar-refractivity contribution in [3.63, 3.8) is 0 Å². The van der Waals surface area contributed by atoms with Crippen molar-refractivity contribution in [2.24, 2.45) is 5.92 Å². The standard InChI is InChI=1S/C11H13BrClNOS/c1-7-2-3-14(9(7)5-13)11(15)8-4-10(12)16-6-8/h4,6-7,9H,2-3,5H2,1H3. The summed E-state index contributed by atoms with van der Waals surface area (Å²) < 4.78 is 0.991. The topological polar surface area (TPSA) is 20.3 Å². The number of thiophene rings is 1. The van der Waals surface area contributed by atoms with Crippen LogP contribution in [0.5, 0.6) is 0 Å². The van der Waals surface area contributed by atoms with E-state index in [1.165, 1.54) is 11.3 Å². The molecule has 5 heteroatoms. The van der Waals surface area contributed by atoms with E-state index in [0.29, 0.717) is 11.8 Å². The molecule has 1 aromatic rings. The second kappa shape index (κ2) is 5.07. The molecule has 0 radical (unpaired) electrons. The Morgan fingerprint density at radius 1 is 1.75 bits per heavy atom. The number of halogens is 2. The van der Waals surface area contributed by atoms with Crippen molar-refractivity contribution >= 4 is 44.8 Å². The summed E-state index contributed by atoms with van der Waals surface area (Å²) >= 11 is 10.8. The van der Waals surface area contributed by atoms with Gasteiger partial charge in [0.2, 0.25) is 0 Å². The number of hydrogen-bond donors (Lipinski definition) is 0. The van der Waals surface area contributed by atoms with Gasteiger partial charge in [0.05, 0.1) is 9.35 Å². The van der Waals surface area contributed by atoms with Gasteiger partial charge in [0.1, 0.15) is 0 Å². The molecule has 1 amide bonds. The van der Waals surface area contributed by atoms with Crippen LogP contribution in [-0.2, 0) is 0 Å². The molecule has 0 N–H and O–H groups in total. The fourth-order valence-electron chi connectivity index (χ4n) is 2.08. The first-order valence-electron chi connectivity index (χ1n) is 5.24. The average Bonchev–Trinajstić information content (AvgIpc) is 2.83. The smallest absolute Gasteiger partial charge is 0.255 e. The molecule has 1 aliphatic heterocycles. The maximum absolute atomic E-state index is 12.2. The molecule has 0 aliphatic carbocycles. The van der Waals surface area contributed by atoms with Crippen LogP contribution < -0.4 is 0 Å². The average molecular weight is 323 g/mol. The van der Waals surface area contributed by atoms with Crippen LogP contribution in [0.25, 0.3) is 0 Å². The summed E-state index contributed by atoms with van der Waals surface area (Å²) in [7, 11) is 0. The predicted octanol–water partition coefficient (Wildman–Crippen LogP) is 3.60. The molecule has 1 fully saturated rings. The molecule has 0 aromatic carbocycles. The Labute approximate surface area is 113 Å². The van der Waals surface area contributed by atoms with Gasteiger partial charge < -0.3 is 4.90 Å². The lowest BCUT2D eigenvalue weighted by atomic mass is 10.0. The Hall–Kier alpha value is -0.0600. The zero-order valence-electron chi connectivity index (χ0n) is 8.95. The molecule has 0 spiro atoms. The number of rotatable bonds is 2. The fraction of sp³-hybridized carbons (Fsp3) is 0.545. The van der Waals surface area contributed by atoms with Gasteiger partial charge in [-0.1, -0.05) is 6.92 Å². The van der Waals surface area contributed by atoms with Gasteiger partial charge in [0.25, 0.3) is 5.91 Å². The van der Waals surface area contributed by atoms with Gasteiger partial charge >= 0.3 is 0 Å². The molecule has 16 heavy (non-hydrogen) atoms. The molecule has 2 nitrogen and oxygen atoms in total. The molecular weight excluding hydrogens is 310 g/mol. The predicted molar refractivity (Wildman–Crippen MR) is 71.3 cm³/mol. The van der Waals surface area contributed by atoms with E-state index < -0.39 is 0 Å². The zero-order chi connectivity index (χ0) is 11.7. The number of hydrogen-bond acceptors (Lipinski definition) is 2. The van der Waals surface area contributed by atoms with Crippen LogP contribution in [0.15, 0.2) is 15.2 Å². The maximum Gasteiger partial charge on any atom is 0.255 e. The Morgan fingerprint density at radius 3 is 3.06 bits per heavy atom. The largest absolute Gasteiger partial charge is 0.334 e. The van der Waals surface area contributed by atoms with E-state index in [9.17, 15) is 4.79 Å². The Kier molecular flexibility index (Phi) is 3.93. The summed E-state index contributed by atoms with van der Waals surface area (Å²) in [5.74, 6) is 1.14. The first-order valence-corrected chi connectivity index (χ1v) is 7.45. The quantitative estimate of drug-likeness (QED) is 0.762. The SMILES string of the molecule is CC1CCN(C(=O)c2csc(Br)c2)C1CCl. The minimum absolute atomic E-state index is 0.108. The third-order valence-electron chi connectivity index (χ3n) is 3.12. The first-order chi connectivity index (χ1) is 7.63. The highest BCUT2D eigenvalue weighted by atomic mass is 79.9. The number of nitrogens with zero attached hydrogens (tertiary/aromatic N) is 1.